The van der Waals surface area contributed by atoms with Crippen LogP contribution in [0.1, 0.15) is 34.7 Å². The number of carbonyl (C=O) groups is 1. The minimum absolute atomic E-state index is 0.0974. The van der Waals surface area contributed by atoms with Crippen LogP contribution in [-0.2, 0) is 7.05 Å². The zero-order valence-electron chi connectivity index (χ0n) is 19.9. The second-order valence-corrected chi connectivity index (χ2v) is 10.3. The summed E-state index contributed by atoms with van der Waals surface area (Å²) in [5.41, 5.74) is 5.22. The molecule has 1 aliphatic heterocycles. The summed E-state index contributed by atoms with van der Waals surface area (Å²) >= 11 is 3.56. The molecule has 0 unspecified atom stereocenters. The number of fused-ring (bicyclic) bond motifs is 3. The molecule has 6 nitrogen and oxygen atoms in total. The Hall–Kier alpha value is -3.71. The summed E-state index contributed by atoms with van der Waals surface area (Å²) in [6.07, 6.45) is 3.62. The van der Waals surface area contributed by atoms with Gasteiger partial charge in [-0.15, -0.1) is 0 Å². The Kier molecular flexibility index (Phi) is 5.72. The Labute approximate surface area is 216 Å². The van der Waals surface area contributed by atoms with Crippen molar-refractivity contribution in [2.75, 3.05) is 13.1 Å². The van der Waals surface area contributed by atoms with Gasteiger partial charge in [-0.05, 0) is 66.8 Å². The number of hydrogen-bond acceptors (Lipinski definition) is 3. The van der Waals surface area contributed by atoms with E-state index in [9.17, 15) is 9.59 Å². The fourth-order valence-corrected chi connectivity index (χ4v) is 5.64. The number of aryl methyl sites for hydroxylation is 1. The van der Waals surface area contributed by atoms with Crippen LogP contribution in [0.4, 0.5) is 0 Å². The molecule has 3 heterocycles. The minimum atomic E-state index is -0.0974. The van der Waals surface area contributed by atoms with Crippen LogP contribution < -0.4 is 5.69 Å². The number of halogens is 1. The Morgan fingerprint density at radius 3 is 2.42 bits per heavy atom. The van der Waals surface area contributed by atoms with Crippen LogP contribution in [0, 0.1) is 0 Å². The average Bonchev–Trinajstić information content (AvgIpc) is 3.19. The number of hydrogen-bond donors (Lipinski definition) is 0. The molecule has 2 aromatic heterocycles. The topological polar surface area (TPSA) is 60.1 Å². The predicted octanol–water partition coefficient (Wildman–Crippen LogP) is 5.66. The molecular formula is C29H25BrN4O2. The van der Waals surface area contributed by atoms with Crippen molar-refractivity contribution in [2.45, 2.75) is 18.8 Å². The summed E-state index contributed by atoms with van der Waals surface area (Å²) in [5.74, 6) is 0.497. The van der Waals surface area contributed by atoms with Crippen LogP contribution in [0.15, 0.2) is 88.3 Å². The van der Waals surface area contributed by atoms with Gasteiger partial charge in [0.05, 0.1) is 28.4 Å². The highest BCUT2D eigenvalue weighted by molar-refractivity contribution is 9.10. The molecule has 3 aromatic carbocycles. The fraction of sp³-hybridized carbons (Fsp3) is 0.207. The number of nitrogens with zero attached hydrogens (tertiary/aromatic N) is 4. The monoisotopic (exact) mass is 540 g/mol. The van der Waals surface area contributed by atoms with Crippen LogP contribution >= 0.6 is 15.9 Å². The molecule has 0 saturated carbocycles. The maximum Gasteiger partial charge on any atom is 0.333 e. The van der Waals surface area contributed by atoms with E-state index in [1.807, 2.05) is 65.6 Å². The first-order valence-electron chi connectivity index (χ1n) is 12.1. The molecule has 0 N–H and O–H groups in total. The Morgan fingerprint density at radius 1 is 0.972 bits per heavy atom. The lowest BCUT2D eigenvalue weighted by molar-refractivity contribution is 0.0713. The van der Waals surface area contributed by atoms with Crippen molar-refractivity contribution < 1.29 is 4.79 Å². The Bertz CT molecular complexity index is 1650. The standard InChI is InChI=1S/C29H25BrN4O2/c1-32-26-18-31-25-12-9-22(30)17-24(25)27(26)34(29(32)36)23-10-7-19(8-11-23)20-13-15-33(16-14-20)28(35)21-5-3-2-4-6-21/h2-12,17-18,20H,13-16H2,1H3. The van der Waals surface area contributed by atoms with E-state index in [0.29, 0.717) is 5.92 Å². The fourth-order valence-electron chi connectivity index (χ4n) is 5.28. The summed E-state index contributed by atoms with van der Waals surface area (Å²) in [5, 5.41) is 0.930. The van der Waals surface area contributed by atoms with E-state index in [4.69, 9.17) is 0 Å². The normalized spacial score (nSPS) is 14.6. The molecule has 5 aromatic rings. The second-order valence-electron chi connectivity index (χ2n) is 9.35. The van der Waals surface area contributed by atoms with E-state index < -0.39 is 0 Å². The highest BCUT2D eigenvalue weighted by atomic mass is 79.9. The smallest absolute Gasteiger partial charge is 0.333 e. The number of pyridine rings is 1. The first-order valence-corrected chi connectivity index (χ1v) is 12.9. The van der Waals surface area contributed by atoms with E-state index in [1.54, 1.807) is 22.4 Å². The van der Waals surface area contributed by atoms with Gasteiger partial charge in [0, 0.05) is 35.6 Å². The number of imidazole rings is 1. The number of benzene rings is 3. The number of aromatic nitrogens is 3. The van der Waals surface area contributed by atoms with Gasteiger partial charge in [-0.3, -0.25) is 18.9 Å². The molecule has 1 fully saturated rings. The predicted molar refractivity (Wildman–Crippen MR) is 146 cm³/mol. The SMILES string of the molecule is Cn1c(=O)n(-c2ccc(C3CCN(C(=O)c4ccccc4)CC3)cc2)c2c3cc(Br)ccc3ncc21. The van der Waals surface area contributed by atoms with Crippen molar-refractivity contribution in [3.8, 4) is 5.69 Å². The van der Waals surface area contributed by atoms with E-state index in [-0.39, 0.29) is 11.6 Å². The van der Waals surface area contributed by atoms with Crippen LogP contribution in [0.2, 0.25) is 0 Å². The maximum atomic E-state index is 13.3. The molecule has 0 atom stereocenters. The van der Waals surface area contributed by atoms with E-state index in [2.05, 4.69) is 33.0 Å². The lowest BCUT2D eigenvalue weighted by Gasteiger charge is -2.32. The molecule has 180 valence electrons. The minimum Gasteiger partial charge on any atom is -0.339 e. The molecule has 0 aliphatic carbocycles. The molecule has 7 heteroatoms. The van der Waals surface area contributed by atoms with Gasteiger partial charge in [-0.25, -0.2) is 4.79 Å². The van der Waals surface area contributed by atoms with Gasteiger partial charge in [0.25, 0.3) is 5.91 Å². The van der Waals surface area contributed by atoms with Crippen molar-refractivity contribution in [3.05, 3.63) is 105 Å². The molecule has 1 aliphatic rings. The largest absolute Gasteiger partial charge is 0.339 e. The number of piperidine rings is 1. The third kappa shape index (κ3) is 3.84. The number of rotatable bonds is 3. The summed E-state index contributed by atoms with van der Waals surface area (Å²) in [6, 6.07) is 23.7. The van der Waals surface area contributed by atoms with Crippen LogP contribution in [0.5, 0.6) is 0 Å². The van der Waals surface area contributed by atoms with Crippen LogP contribution in [0.25, 0.3) is 27.6 Å². The van der Waals surface area contributed by atoms with Crippen LogP contribution in [-0.4, -0.2) is 38.0 Å². The van der Waals surface area contributed by atoms with Gasteiger partial charge in [0.15, 0.2) is 0 Å². The van der Waals surface area contributed by atoms with E-state index >= 15 is 0 Å². The van der Waals surface area contributed by atoms with Crippen molar-refractivity contribution >= 4 is 43.8 Å². The van der Waals surface area contributed by atoms with Gasteiger partial charge < -0.3 is 4.90 Å². The van der Waals surface area contributed by atoms with Crippen molar-refractivity contribution in [1.82, 2.24) is 19.0 Å². The Balaban J connectivity index is 1.28. The summed E-state index contributed by atoms with van der Waals surface area (Å²) in [6.45, 7) is 1.49. The average molecular weight is 541 g/mol. The number of amides is 1. The van der Waals surface area contributed by atoms with Gasteiger partial charge >= 0.3 is 5.69 Å². The molecule has 0 bridgehead atoms. The first kappa shape index (κ1) is 22.7. The summed E-state index contributed by atoms with van der Waals surface area (Å²) < 4.78 is 4.37. The molecular weight excluding hydrogens is 516 g/mol. The summed E-state index contributed by atoms with van der Waals surface area (Å²) in [4.78, 5) is 32.6. The highest BCUT2D eigenvalue weighted by Crippen LogP contribution is 2.31. The number of carbonyl (C=O) groups excluding carboxylic acids is 1. The maximum absolute atomic E-state index is 13.3. The third-order valence-electron chi connectivity index (χ3n) is 7.27. The summed E-state index contributed by atoms with van der Waals surface area (Å²) in [7, 11) is 1.78. The quantitative estimate of drug-likeness (QED) is 0.296. The van der Waals surface area contributed by atoms with Crippen molar-refractivity contribution in [1.29, 1.82) is 0 Å². The molecule has 36 heavy (non-hydrogen) atoms. The van der Waals surface area contributed by atoms with Crippen molar-refractivity contribution in [2.24, 2.45) is 7.05 Å². The highest BCUT2D eigenvalue weighted by Gasteiger charge is 2.25. The second kappa shape index (κ2) is 9.06. The molecule has 0 spiro atoms. The lowest BCUT2D eigenvalue weighted by Crippen LogP contribution is -2.37. The Morgan fingerprint density at radius 2 is 1.69 bits per heavy atom. The van der Waals surface area contributed by atoms with E-state index in [0.717, 1.165) is 63.6 Å². The zero-order valence-corrected chi connectivity index (χ0v) is 21.5. The van der Waals surface area contributed by atoms with E-state index in [1.165, 1.54) is 5.56 Å². The first-order chi connectivity index (χ1) is 17.5. The third-order valence-corrected chi connectivity index (χ3v) is 7.76. The van der Waals surface area contributed by atoms with Gasteiger partial charge in [0.1, 0.15) is 0 Å². The van der Waals surface area contributed by atoms with Gasteiger partial charge in [-0.2, -0.15) is 0 Å². The molecule has 6 rings (SSSR count). The molecule has 1 amide bonds. The van der Waals surface area contributed by atoms with Crippen molar-refractivity contribution in [3.63, 3.8) is 0 Å². The zero-order chi connectivity index (χ0) is 24.8. The van der Waals surface area contributed by atoms with Gasteiger partial charge in [-0.1, -0.05) is 46.3 Å². The lowest BCUT2D eigenvalue weighted by atomic mass is 9.89. The van der Waals surface area contributed by atoms with Crippen LogP contribution in [0.3, 0.4) is 0 Å². The molecule has 1 saturated heterocycles. The molecule has 0 radical (unpaired) electrons. The van der Waals surface area contributed by atoms with Gasteiger partial charge in [0.2, 0.25) is 0 Å². The number of likely N-dealkylation sites (tertiary alicyclic amines) is 1.